The van der Waals surface area contributed by atoms with Gasteiger partial charge >= 0.3 is 0 Å². The number of benzene rings is 2. The normalized spacial score (nSPS) is 9.83. The lowest BCUT2D eigenvalue weighted by Crippen LogP contribution is -1.99. The summed E-state index contributed by atoms with van der Waals surface area (Å²) in [7, 11) is 0. The van der Waals surface area contributed by atoms with Gasteiger partial charge in [0.15, 0.2) is 17.4 Å². The topological polar surface area (TPSA) is 33.0 Å². The molecule has 0 atom stereocenters. The van der Waals surface area contributed by atoms with Gasteiger partial charge in [0.1, 0.15) is 6.61 Å². The van der Waals surface area contributed by atoms with E-state index in [2.05, 4.69) is 0 Å². The number of ether oxygens (including phenoxy) is 1. The molecule has 0 aromatic heterocycles. The molecule has 18 heavy (non-hydrogen) atoms. The van der Waals surface area contributed by atoms with E-state index in [0.29, 0.717) is 5.56 Å². The Bertz CT molecular complexity index is 567. The van der Waals surface area contributed by atoms with Crippen LogP contribution in [0.25, 0.3) is 0 Å². The van der Waals surface area contributed by atoms with Crippen molar-refractivity contribution >= 4 is 0 Å². The Hall–Kier alpha value is -2.41. The van der Waals surface area contributed by atoms with Gasteiger partial charge in [-0.3, -0.25) is 0 Å². The Morgan fingerprint density at radius 2 is 1.61 bits per heavy atom. The molecule has 0 aliphatic carbocycles. The predicted octanol–water partition coefficient (Wildman–Crippen LogP) is 3.42. The fourth-order valence-electron chi connectivity index (χ4n) is 1.45. The monoisotopic (exact) mass is 245 g/mol. The van der Waals surface area contributed by atoms with Gasteiger partial charge in [0.05, 0.1) is 11.6 Å². The third-order valence-electron chi connectivity index (χ3n) is 2.39. The highest BCUT2D eigenvalue weighted by Gasteiger charge is 2.09. The van der Waals surface area contributed by atoms with Crippen LogP contribution in [0.5, 0.6) is 5.75 Å². The summed E-state index contributed by atoms with van der Waals surface area (Å²) in [4.78, 5) is 0. The van der Waals surface area contributed by atoms with Gasteiger partial charge in [0.2, 0.25) is 0 Å². The number of nitriles is 1. The molecule has 0 radical (unpaired) electrons. The van der Waals surface area contributed by atoms with Crippen LogP contribution >= 0.6 is 0 Å². The zero-order valence-corrected chi connectivity index (χ0v) is 9.36. The van der Waals surface area contributed by atoms with E-state index in [0.717, 1.165) is 17.7 Å². The maximum Gasteiger partial charge on any atom is 0.191 e. The first kappa shape index (κ1) is 12.1. The van der Waals surface area contributed by atoms with Crippen molar-refractivity contribution in [1.29, 1.82) is 5.26 Å². The van der Waals surface area contributed by atoms with Crippen molar-refractivity contribution in [2.45, 2.75) is 6.61 Å². The minimum Gasteiger partial charge on any atom is -0.483 e. The Labute approximate surface area is 103 Å². The number of para-hydroxylation sites is 1. The van der Waals surface area contributed by atoms with Crippen molar-refractivity contribution in [2.75, 3.05) is 0 Å². The van der Waals surface area contributed by atoms with Gasteiger partial charge in [-0.05, 0) is 29.8 Å². The van der Waals surface area contributed by atoms with Crippen LogP contribution in [0.15, 0.2) is 42.5 Å². The number of nitrogens with zero attached hydrogens (tertiary/aromatic N) is 1. The van der Waals surface area contributed by atoms with Gasteiger partial charge in [-0.25, -0.2) is 8.78 Å². The Morgan fingerprint density at radius 1 is 1.00 bits per heavy atom. The molecule has 2 aromatic carbocycles. The van der Waals surface area contributed by atoms with Gasteiger partial charge in [-0.15, -0.1) is 0 Å². The lowest BCUT2D eigenvalue weighted by Gasteiger charge is -2.08. The van der Waals surface area contributed by atoms with Crippen molar-refractivity contribution < 1.29 is 13.5 Å². The van der Waals surface area contributed by atoms with Crippen LogP contribution in [0.4, 0.5) is 8.78 Å². The van der Waals surface area contributed by atoms with Crippen LogP contribution in [0.3, 0.4) is 0 Å². The fraction of sp³-hybridized carbons (Fsp3) is 0.0714. The SMILES string of the molecule is N#Cc1ccc(COc2c(F)cccc2F)cc1. The summed E-state index contributed by atoms with van der Waals surface area (Å²) in [6, 6.07) is 12.1. The van der Waals surface area contributed by atoms with Crippen LogP contribution in [-0.4, -0.2) is 0 Å². The standard InChI is InChI=1S/C14H9F2NO/c15-12-2-1-3-13(16)14(12)18-9-11-6-4-10(8-17)5-7-11/h1-7H,9H2. The molecule has 0 amide bonds. The van der Waals surface area contributed by atoms with Gasteiger partial charge in [0.25, 0.3) is 0 Å². The molecular formula is C14H9F2NO. The number of rotatable bonds is 3. The van der Waals surface area contributed by atoms with E-state index in [1.807, 2.05) is 6.07 Å². The van der Waals surface area contributed by atoms with Crippen LogP contribution in [0.1, 0.15) is 11.1 Å². The Morgan fingerprint density at radius 3 is 2.17 bits per heavy atom. The molecule has 0 saturated carbocycles. The molecule has 0 spiro atoms. The van der Waals surface area contributed by atoms with E-state index in [-0.39, 0.29) is 12.4 Å². The maximum atomic E-state index is 13.3. The lowest BCUT2D eigenvalue weighted by atomic mass is 10.1. The average Bonchev–Trinajstić information content (AvgIpc) is 2.39. The third kappa shape index (κ3) is 2.64. The van der Waals surface area contributed by atoms with E-state index >= 15 is 0 Å². The van der Waals surface area contributed by atoms with Crippen LogP contribution in [0.2, 0.25) is 0 Å². The molecule has 0 aliphatic heterocycles. The number of halogens is 2. The molecule has 0 saturated heterocycles. The van der Waals surface area contributed by atoms with E-state index < -0.39 is 11.6 Å². The van der Waals surface area contributed by atoms with Crippen molar-refractivity contribution in [3.05, 3.63) is 65.2 Å². The smallest absolute Gasteiger partial charge is 0.191 e. The van der Waals surface area contributed by atoms with Crippen LogP contribution in [-0.2, 0) is 6.61 Å². The fourth-order valence-corrected chi connectivity index (χ4v) is 1.45. The minimum atomic E-state index is -0.733. The molecule has 0 heterocycles. The van der Waals surface area contributed by atoms with E-state index in [1.54, 1.807) is 24.3 Å². The highest BCUT2D eigenvalue weighted by atomic mass is 19.1. The highest BCUT2D eigenvalue weighted by molar-refractivity contribution is 5.32. The molecule has 0 fully saturated rings. The zero-order valence-electron chi connectivity index (χ0n) is 9.36. The van der Waals surface area contributed by atoms with Gasteiger partial charge in [-0.2, -0.15) is 5.26 Å². The molecule has 0 N–H and O–H groups in total. The first-order chi connectivity index (χ1) is 8.70. The molecule has 2 rings (SSSR count). The molecule has 0 aliphatic rings. The second-order valence-electron chi connectivity index (χ2n) is 3.65. The molecule has 2 aromatic rings. The second kappa shape index (κ2) is 5.28. The summed E-state index contributed by atoms with van der Waals surface area (Å²) in [5, 5.41) is 8.63. The quantitative estimate of drug-likeness (QED) is 0.830. The van der Waals surface area contributed by atoms with Crippen molar-refractivity contribution in [3.8, 4) is 11.8 Å². The van der Waals surface area contributed by atoms with Gasteiger partial charge in [0, 0.05) is 0 Å². The largest absolute Gasteiger partial charge is 0.483 e. The van der Waals surface area contributed by atoms with Crippen molar-refractivity contribution in [2.24, 2.45) is 0 Å². The zero-order chi connectivity index (χ0) is 13.0. The lowest BCUT2D eigenvalue weighted by molar-refractivity contribution is 0.274. The molecule has 4 heteroatoms. The molecular weight excluding hydrogens is 236 g/mol. The van der Waals surface area contributed by atoms with E-state index in [4.69, 9.17) is 10.00 Å². The summed E-state index contributed by atoms with van der Waals surface area (Å²) in [6.07, 6.45) is 0. The summed E-state index contributed by atoms with van der Waals surface area (Å²) in [6.45, 7) is 0.0452. The first-order valence-corrected chi connectivity index (χ1v) is 5.26. The maximum absolute atomic E-state index is 13.3. The van der Waals surface area contributed by atoms with Gasteiger partial charge < -0.3 is 4.74 Å². The Kier molecular flexibility index (Phi) is 3.54. The average molecular weight is 245 g/mol. The van der Waals surface area contributed by atoms with E-state index in [9.17, 15) is 8.78 Å². The molecule has 90 valence electrons. The number of hydrogen-bond donors (Lipinski definition) is 0. The summed E-state index contributed by atoms with van der Waals surface area (Å²) >= 11 is 0. The van der Waals surface area contributed by atoms with E-state index in [1.165, 1.54) is 6.07 Å². The summed E-state index contributed by atoms with van der Waals surface area (Å²) in [5.41, 5.74) is 1.26. The van der Waals surface area contributed by atoms with Crippen molar-refractivity contribution in [1.82, 2.24) is 0 Å². The first-order valence-electron chi connectivity index (χ1n) is 5.26. The molecule has 0 unspecified atom stereocenters. The second-order valence-corrected chi connectivity index (χ2v) is 3.65. The van der Waals surface area contributed by atoms with Crippen molar-refractivity contribution in [3.63, 3.8) is 0 Å². The third-order valence-corrected chi connectivity index (χ3v) is 2.39. The summed E-state index contributed by atoms with van der Waals surface area (Å²) in [5.74, 6) is -1.85. The summed E-state index contributed by atoms with van der Waals surface area (Å²) < 4.78 is 31.6. The van der Waals surface area contributed by atoms with Gasteiger partial charge in [-0.1, -0.05) is 18.2 Å². The Balaban J connectivity index is 2.09. The number of hydrogen-bond acceptors (Lipinski definition) is 2. The predicted molar refractivity (Wildman–Crippen MR) is 61.8 cm³/mol. The molecule has 2 nitrogen and oxygen atoms in total. The van der Waals surface area contributed by atoms with Crippen LogP contribution < -0.4 is 4.74 Å². The molecule has 0 bridgehead atoms. The minimum absolute atomic E-state index is 0.0452. The van der Waals surface area contributed by atoms with Crippen LogP contribution in [0, 0.1) is 23.0 Å². The highest BCUT2D eigenvalue weighted by Crippen LogP contribution is 2.21.